The van der Waals surface area contributed by atoms with Crippen LogP contribution >= 0.6 is 0 Å². The third-order valence-corrected chi connectivity index (χ3v) is 8.61. The minimum absolute atomic E-state index is 0.131. The van der Waals surface area contributed by atoms with Crippen molar-refractivity contribution >= 4 is 8.32 Å². The van der Waals surface area contributed by atoms with Gasteiger partial charge in [-0.1, -0.05) is 45.0 Å². The lowest BCUT2D eigenvalue weighted by atomic mass is 9.98. The van der Waals surface area contributed by atoms with Crippen molar-refractivity contribution in [1.82, 2.24) is 0 Å². The van der Waals surface area contributed by atoms with Gasteiger partial charge >= 0.3 is 0 Å². The molecule has 0 fully saturated rings. The van der Waals surface area contributed by atoms with Crippen LogP contribution in [0.3, 0.4) is 0 Å². The minimum Gasteiger partial charge on any atom is -0.410 e. The first kappa shape index (κ1) is 18.3. The van der Waals surface area contributed by atoms with Crippen LogP contribution < -0.4 is 0 Å². The summed E-state index contributed by atoms with van der Waals surface area (Å²) >= 11 is 0. The molecule has 1 rings (SSSR count). The maximum Gasteiger partial charge on any atom is 0.295 e. The van der Waals surface area contributed by atoms with Gasteiger partial charge in [0.25, 0.3) is 5.92 Å². The van der Waals surface area contributed by atoms with Gasteiger partial charge in [0.1, 0.15) is 6.61 Å². The van der Waals surface area contributed by atoms with E-state index < -0.39 is 27.0 Å². The second-order valence-electron chi connectivity index (χ2n) is 6.86. The summed E-state index contributed by atoms with van der Waals surface area (Å²) in [5.74, 6) is -3.15. The summed E-state index contributed by atoms with van der Waals surface area (Å²) in [6, 6.07) is 5.92. The predicted octanol–water partition coefficient (Wildman–Crippen LogP) is 4.67. The highest BCUT2D eigenvalue weighted by atomic mass is 28.4. The molecule has 0 aliphatic rings. The van der Waals surface area contributed by atoms with Gasteiger partial charge in [0.05, 0.1) is 6.10 Å². The van der Waals surface area contributed by atoms with E-state index in [0.717, 1.165) is 0 Å². The lowest BCUT2D eigenvalue weighted by Crippen LogP contribution is -2.43. The van der Waals surface area contributed by atoms with Crippen molar-refractivity contribution in [2.75, 3.05) is 6.61 Å². The lowest BCUT2D eigenvalue weighted by molar-refractivity contribution is -0.0526. The standard InChI is InChI=1S/C16H25F2O2Si/c1-12(19)13-9-7-8-10-14(13)16(17,18)11-20-21(5,6)15(2,3)4/h7-10,12,19H,1,11H2,2-6H3. The van der Waals surface area contributed by atoms with Crippen LogP contribution in [0.15, 0.2) is 24.3 Å². The number of hydrogen-bond donors (Lipinski definition) is 1. The largest absolute Gasteiger partial charge is 0.410 e. The molecule has 0 heterocycles. The molecule has 0 amide bonds. The maximum atomic E-state index is 14.5. The van der Waals surface area contributed by atoms with Crippen molar-refractivity contribution in [3.05, 3.63) is 42.3 Å². The van der Waals surface area contributed by atoms with Gasteiger partial charge in [-0.15, -0.1) is 0 Å². The van der Waals surface area contributed by atoms with Crippen LogP contribution in [0.1, 0.15) is 38.0 Å². The molecule has 1 N–H and O–H groups in total. The van der Waals surface area contributed by atoms with E-state index in [1.54, 1.807) is 6.07 Å². The van der Waals surface area contributed by atoms with Gasteiger partial charge in [-0.2, -0.15) is 8.78 Å². The molecule has 0 aliphatic carbocycles. The quantitative estimate of drug-likeness (QED) is 0.800. The molecule has 2 nitrogen and oxygen atoms in total. The van der Waals surface area contributed by atoms with Crippen LogP contribution in [0.25, 0.3) is 0 Å². The first-order valence-electron chi connectivity index (χ1n) is 7.01. The molecule has 5 heteroatoms. The Kier molecular flexibility index (Phi) is 5.34. The van der Waals surface area contributed by atoms with Crippen LogP contribution in [0, 0.1) is 6.92 Å². The third-order valence-electron chi connectivity index (χ3n) is 4.13. The third kappa shape index (κ3) is 4.34. The highest BCUT2D eigenvalue weighted by molar-refractivity contribution is 6.74. The van der Waals surface area contributed by atoms with Crippen molar-refractivity contribution in [2.45, 2.75) is 50.9 Å². The lowest BCUT2D eigenvalue weighted by Gasteiger charge is -2.37. The number of aliphatic hydroxyl groups excluding tert-OH is 1. The molecule has 1 aromatic rings. The topological polar surface area (TPSA) is 29.5 Å². The smallest absolute Gasteiger partial charge is 0.295 e. The number of benzene rings is 1. The van der Waals surface area contributed by atoms with Crippen molar-refractivity contribution < 1.29 is 18.3 Å². The Hall–Kier alpha value is -0.783. The molecule has 119 valence electrons. The molecule has 1 unspecified atom stereocenters. The van der Waals surface area contributed by atoms with Crippen LogP contribution in [0.4, 0.5) is 8.78 Å². The van der Waals surface area contributed by atoms with Gasteiger partial charge in [-0.3, -0.25) is 0 Å². The first-order valence-corrected chi connectivity index (χ1v) is 9.92. The first-order chi connectivity index (χ1) is 9.38. The van der Waals surface area contributed by atoms with E-state index in [4.69, 9.17) is 4.43 Å². The number of alkyl halides is 2. The van der Waals surface area contributed by atoms with E-state index in [1.165, 1.54) is 18.2 Å². The molecular weight excluding hydrogens is 290 g/mol. The Morgan fingerprint density at radius 2 is 1.76 bits per heavy atom. The molecule has 0 spiro atoms. The minimum atomic E-state index is -3.15. The van der Waals surface area contributed by atoms with Gasteiger partial charge < -0.3 is 9.53 Å². The Labute approximate surface area is 127 Å². The Bertz CT molecular complexity index is 479. The Morgan fingerprint density at radius 3 is 2.24 bits per heavy atom. The fourth-order valence-electron chi connectivity index (χ4n) is 1.69. The highest BCUT2D eigenvalue weighted by Crippen LogP contribution is 2.40. The zero-order valence-electron chi connectivity index (χ0n) is 13.4. The van der Waals surface area contributed by atoms with Gasteiger partial charge in [-0.25, -0.2) is 0 Å². The fraction of sp³-hybridized carbons (Fsp3) is 0.562. The number of rotatable bonds is 5. The SMILES string of the molecule is [CH2]C(O)c1ccccc1C(F)(F)CO[Si](C)(C)C(C)(C)C. The van der Waals surface area contributed by atoms with Crippen LogP contribution in [-0.4, -0.2) is 20.0 Å². The highest BCUT2D eigenvalue weighted by Gasteiger charge is 2.42. The predicted molar refractivity (Wildman–Crippen MR) is 83.8 cm³/mol. The van der Waals surface area contributed by atoms with Crippen molar-refractivity contribution in [1.29, 1.82) is 0 Å². The summed E-state index contributed by atoms with van der Waals surface area (Å²) in [6.07, 6.45) is -1.18. The van der Waals surface area contributed by atoms with E-state index in [1.807, 2.05) is 33.9 Å². The second kappa shape index (κ2) is 6.14. The monoisotopic (exact) mass is 315 g/mol. The molecule has 1 atom stereocenters. The molecule has 21 heavy (non-hydrogen) atoms. The van der Waals surface area contributed by atoms with Crippen LogP contribution in [-0.2, 0) is 10.3 Å². The Morgan fingerprint density at radius 1 is 1.24 bits per heavy atom. The van der Waals surface area contributed by atoms with Gasteiger partial charge in [-0.05, 0) is 30.6 Å². The van der Waals surface area contributed by atoms with E-state index in [9.17, 15) is 13.9 Å². The molecule has 0 saturated carbocycles. The summed E-state index contributed by atoms with van der Waals surface area (Å²) in [5, 5.41) is 9.42. The van der Waals surface area contributed by atoms with E-state index in [-0.39, 0.29) is 16.2 Å². The van der Waals surface area contributed by atoms with Gasteiger partial charge in [0.2, 0.25) is 0 Å². The summed E-state index contributed by atoms with van der Waals surface area (Å²) in [7, 11) is -2.25. The van der Waals surface area contributed by atoms with Crippen LogP contribution in [0.2, 0.25) is 18.1 Å². The molecule has 0 bridgehead atoms. The molecule has 0 aliphatic heterocycles. The molecule has 1 radical (unpaired) electrons. The summed E-state index contributed by atoms with van der Waals surface area (Å²) < 4.78 is 34.5. The molecule has 0 saturated heterocycles. The summed E-state index contributed by atoms with van der Waals surface area (Å²) in [4.78, 5) is 0. The van der Waals surface area contributed by atoms with E-state index >= 15 is 0 Å². The van der Waals surface area contributed by atoms with Crippen molar-refractivity contribution in [2.24, 2.45) is 0 Å². The van der Waals surface area contributed by atoms with Crippen molar-refractivity contribution in [3.8, 4) is 0 Å². The second-order valence-corrected chi connectivity index (χ2v) is 11.7. The maximum absolute atomic E-state index is 14.5. The van der Waals surface area contributed by atoms with Crippen LogP contribution in [0.5, 0.6) is 0 Å². The molecule has 1 aromatic carbocycles. The summed E-state index contributed by atoms with van der Waals surface area (Å²) in [5.41, 5.74) is -0.0764. The van der Waals surface area contributed by atoms with Crippen molar-refractivity contribution in [3.63, 3.8) is 0 Å². The average Bonchev–Trinajstić information content (AvgIpc) is 2.35. The van der Waals surface area contributed by atoms with Gasteiger partial charge in [0.15, 0.2) is 8.32 Å². The van der Waals surface area contributed by atoms with Gasteiger partial charge in [0, 0.05) is 5.56 Å². The number of aliphatic hydroxyl groups is 1. The normalized spacial score (nSPS) is 15.1. The molecule has 0 aromatic heterocycles. The zero-order chi connectivity index (χ0) is 16.5. The van der Waals surface area contributed by atoms with E-state index in [2.05, 4.69) is 6.92 Å². The Balaban J connectivity index is 2.98. The summed E-state index contributed by atoms with van der Waals surface area (Å²) in [6.45, 7) is 12.6. The number of hydrogen-bond acceptors (Lipinski definition) is 2. The zero-order valence-corrected chi connectivity index (χ0v) is 14.4. The fourth-order valence-corrected chi connectivity index (χ4v) is 2.66. The average molecular weight is 315 g/mol. The van der Waals surface area contributed by atoms with E-state index in [0.29, 0.717) is 0 Å². The molecular formula is C16H25F2O2Si. The number of halogens is 2.